The number of hydrogen-bond acceptors (Lipinski definition) is 6. The second kappa shape index (κ2) is 12.8. The Hall–Kier alpha value is -3.92. The number of anilines is 2. The van der Waals surface area contributed by atoms with Crippen molar-refractivity contribution >= 4 is 38.2 Å². The molecule has 3 unspecified atom stereocenters. The SMILES string of the molecule is CC1=C(C(C)(CCCCCC(=O)O)c2c(C)ccc3cc(S(=O)(=O)O)ccc23)C2=CC3=C4N(C)c5ccccc5N4CCC3OC2CCC1. The van der Waals surface area contributed by atoms with Gasteiger partial charge in [-0.15, -0.1) is 0 Å². The van der Waals surface area contributed by atoms with Gasteiger partial charge in [0, 0.05) is 31.0 Å². The second-order valence-electron chi connectivity index (χ2n) is 14.4. The van der Waals surface area contributed by atoms with Crippen molar-refractivity contribution in [3.05, 3.63) is 99.9 Å². The first-order chi connectivity index (χ1) is 23.4. The van der Waals surface area contributed by atoms with Crippen LogP contribution < -0.4 is 9.80 Å². The molecule has 3 atom stereocenters. The predicted octanol–water partition coefficient (Wildman–Crippen LogP) is 8.45. The van der Waals surface area contributed by atoms with E-state index in [1.807, 2.05) is 18.2 Å². The fourth-order valence-electron chi connectivity index (χ4n) is 9.12. The lowest BCUT2D eigenvalue weighted by Crippen LogP contribution is -2.43. The highest BCUT2D eigenvalue weighted by Gasteiger charge is 2.45. The summed E-state index contributed by atoms with van der Waals surface area (Å²) in [6, 6.07) is 17.4. The van der Waals surface area contributed by atoms with Crippen LogP contribution in [0.3, 0.4) is 0 Å². The standard InChI is InChI=1S/C40H46N2O6S/c1-25-11-10-14-34-30(24-31-35(48-34)20-22-42-33-13-8-7-12-32(33)41(4)39(31)42)38(25)40(3,21-9-5-6-15-36(43)44)37-26(2)16-17-27-23-28(49(45,46)47)18-19-29(27)37/h7-8,12-13,16-19,23-24,34-35H,5-6,9-11,14-15,20-22H2,1-4H3,(H,43,44)(H,45,46,47). The highest BCUT2D eigenvalue weighted by atomic mass is 32.2. The summed E-state index contributed by atoms with van der Waals surface area (Å²) in [6.45, 7) is 7.59. The number of unbranched alkanes of at least 4 members (excludes halogenated alkanes) is 2. The number of aryl methyl sites for hydroxylation is 1. The van der Waals surface area contributed by atoms with Gasteiger partial charge in [0.2, 0.25) is 0 Å². The van der Waals surface area contributed by atoms with E-state index in [1.54, 1.807) is 6.07 Å². The molecule has 0 bridgehead atoms. The van der Waals surface area contributed by atoms with E-state index in [0.29, 0.717) is 6.42 Å². The first-order valence-electron chi connectivity index (χ1n) is 17.5. The summed E-state index contributed by atoms with van der Waals surface area (Å²) in [5.41, 5.74) is 9.21. The normalized spacial score (nSPS) is 21.9. The third-order valence-corrected chi connectivity index (χ3v) is 12.1. The molecule has 8 nitrogen and oxygen atoms in total. The van der Waals surface area contributed by atoms with Crippen LogP contribution in [0.25, 0.3) is 10.8 Å². The van der Waals surface area contributed by atoms with Gasteiger partial charge in [-0.05, 0) is 116 Å². The topological polar surface area (TPSA) is 107 Å². The van der Waals surface area contributed by atoms with Crippen molar-refractivity contribution < 1.29 is 27.6 Å². The monoisotopic (exact) mass is 682 g/mol. The number of carbonyl (C=O) groups is 1. The molecule has 0 radical (unpaired) electrons. The van der Waals surface area contributed by atoms with Crippen molar-refractivity contribution in [1.29, 1.82) is 0 Å². The van der Waals surface area contributed by atoms with Crippen LogP contribution in [-0.4, -0.2) is 49.8 Å². The molecule has 0 saturated heterocycles. The van der Waals surface area contributed by atoms with Crippen molar-refractivity contribution in [3.8, 4) is 0 Å². The molecule has 3 aromatic carbocycles. The maximum Gasteiger partial charge on any atom is 0.303 e. The molecule has 4 aliphatic rings. The molecule has 2 N–H and O–H groups in total. The van der Waals surface area contributed by atoms with E-state index in [-0.39, 0.29) is 23.5 Å². The smallest absolute Gasteiger partial charge is 0.303 e. The average molecular weight is 683 g/mol. The molecule has 0 fully saturated rings. The van der Waals surface area contributed by atoms with E-state index < -0.39 is 21.5 Å². The average Bonchev–Trinajstić information content (AvgIpc) is 3.24. The molecule has 3 aliphatic heterocycles. The van der Waals surface area contributed by atoms with Gasteiger partial charge in [0.1, 0.15) is 5.82 Å². The fourth-order valence-corrected chi connectivity index (χ4v) is 9.64. The van der Waals surface area contributed by atoms with Crippen LogP contribution in [-0.2, 0) is 25.1 Å². The Balaban J connectivity index is 1.42. The van der Waals surface area contributed by atoms with Gasteiger partial charge in [0.25, 0.3) is 10.1 Å². The Morgan fingerprint density at radius 2 is 1.78 bits per heavy atom. The van der Waals surface area contributed by atoms with Gasteiger partial charge < -0.3 is 19.6 Å². The third-order valence-electron chi connectivity index (χ3n) is 11.2. The minimum atomic E-state index is -4.37. The molecule has 0 amide bonds. The Kier molecular flexibility index (Phi) is 8.74. The van der Waals surface area contributed by atoms with Crippen molar-refractivity contribution in [2.24, 2.45) is 0 Å². The van der Waals surface area contributed by atoms with Gasteiger partial charge in [0.15, 0.2) is 0 Å². The van der Waals surface area contributed by atoms with Crippen molar-refractivity contribution in [1.82, 2.24) is 0 Å². The van der Waals surface area contributed by atoms with Gasteiger partial charge in [0.05, 0.1) is 28.5 Å². The molecular formula is C40H46N2O6S. The lowest BCUT2D eigenvalue weighted by atomic mass is 9.65. The Labute approximate surface area is 289 Å². The Bertz CT molecular complexity index is 2050. The number of nitrogens with zero attached hydrogens (tertiary/aromatic N) is 2. The molecule has 0 saturated carbocycles. The number of carboxylic acids is 1. The number of allylic oxidation sites excluding steroid dienone is 1. The maximum absolute atomic E-state index is 12.1. The van der Waals surface area contributed by atoms with Gasteiger partial charge in [-0.2, -0.15) is 8.42 Å². The summed E-state index contributed by atoms with van der Waals surface area (Å²) in [6.07, 6.45) is 9.40. The second-order valence-corrected chi connectivity index (χ2v) is 15.9. The Morgan fingerprint density at radius 1 is 1.00 bits per heavy atom. The molecule has 3 heterocycles. The van der Waals surface area contributed by atoms with Crippen LogP contribution in [0.4, 0.5) is 11.4 Å². The number of aliphatic carboxylic acids is 1. The van der Waals surface area contributed by atoms with E-state index >= 15 is 0 Å². The Morgan fingerprint density at radius 3 is 2.53 bits per heavy atom. The summed E-state index contributed by atoms with van der Waals surface area (Å²) in [5.74, 6) is 0.403. The van der Waals surface area contributed by atoms with E-state index in [2.05, 4.69) is 68.0 Å². The molecule has 1 aliphatic carbocycles. The van der Waals surface area contributed by atoms with E-state index in [1.165, 1.54) is 45.6 Å². The van der Waals surface area contributed by atoms with Gasteiger partial charge in [-0.3, -0.25) is 9.35 Å². The number of para-hydroxylation sites is 2. The van der Waals surface area contributed by atoms with Crippen LogP contribution >= 0.6 is 0 Å². The first-order valence-corrected chi connectivity index (χ1v) is 19.0. The number of rotatable bonds is 9. The molecule has 258 valence electrons. The third kappa shape index (κ3) is 5.89. The summed E-state index contributed by atoms with van der Waals surface area (Å²) in [4.78, 5) is 15.9. The zero-order chi connectivity index (χ0) is 34.7. The lowest BCUT2D eigenvalue weighted by Gasteiger charge is -2.44. The van der Waals surface area contributed by atoms with Crippen LogP contribution in [0.15, 0.2) is 93.7 Å². The molecule has 9 heteroatoms. The number of fused-ring (bicyclic) bond motifs is 6. The van der Waals surface area contributed by atoms with Gasteiger partial charge in [-0.1, -0.05) is 55.7 Å². The largest absolute Gasteiger partial charge is 0.481 e. The van der Waals surface area contributed by atoms with Crippen molar-refractivity contribution in [3.63, 3.8) is 0 Å². The zero-order valence-corrected chi connectivity index (χ0v) is 29.6. The molecule has 3 aromatic rings. The van der Waals surface area contributed by atoms with Crippen LogP contribution in [0.1, 0.15) is 82.8 Å². The quantitative estimate of drug-likeness (QED) is 0.171. The summed E-state index contributed by atoms with van der Waals surface area (Å²) in [7, 11) is -2.23. The van der Waals surface area contributed by atoms with Crippen LogP contribution in [0.2, 0.25) is 0 Å². The molecule has 7 rings (SSSR count). The van der Waals surface area contributed by atoms with Gasteiger partial charge in [-0.25, -0.2) is 0 Å². The van der Waals surface area contributed by atoms with E-state index in [4.69, 9.17) is 4.74 Å². The van der Waals surface area contributed by atoms with Gasteiger partial charge >= 0.3 is 5.97 Å². The van der Waals surface area contributed by atoms with Crippen molar-refractivity contribution in [2.75, 3.05) is 23.4 Å². The highest BCUT2D eigenvalue weighted by Crippen LogP contribution is 2.53. The number of ether oxygens (including phenoxy) is 1. The summed E-state index contributed by atoms with van der Waals surface area (Å²) < 4.78 is 41.2. The lowest BCUT2D eigenvalue weighted by molar-refractivity contribution is -0.137. The minimum absolute atomic E-state index is 0.0110. The molecule has 49 heavy (non-hydrogen) atoms. The predicted molar refractivity (Wildman–Crippen MR) is 194 cm³/mol. The fraction of sp³-hybridized carbons (Fsp3) is 0.425. The summed E-state index contributed by atoms with van der Waals surface area (Å²) >= 11 is 0. The van der Waals surface area contributed by atoms with Crippen molar-refractivity contribution in [2.45, 2.75) is 101 Å². The minimum Gasteiger partial charge on any atom is -0.481 e. The van der Waals surface area contributed by atoms with E-state index in [0.717, 1.165) is 73.4 Å². The molecule has 0 spiro atoms. The molecular weight excluding hydrogens is 637 g/mol. The van der Waals surface area contributed by atoms with Crippen LogP contribution in [0.5, 0.6) is 0 Å². The van der Waals surface area contributed by atoms with E-state index in [9.17, 15) is 22.9 Å². The van der Waals surface area contributed by atoms with Crippen LogP contribution in [0, 0.1) is 6.92 Å². The number of benzene rings is 3. The number of carboxylic acid groups (broad SMARTS) is 1. The zero-order valence-electron chi connectivity index (χ0n) is 28.8. The first kappa shape index (κ1) is 33.6. The molecule has 0 aromatic heterocycles. The number of hydrogen-bond donors (Lipinski definition) is 2. The summed E-state index contributed by atoms with van der Waals surface area (Å²) in [5, 5.41) is 11.0. The maximum atomic E-state index is 12.1. The highest BCUT2D eigenvalue weighted by molar-refractivity contribution is 7.85.